The predicted octanol–water partition coefficient (Wildman–Crippen LogP) is 5.57. The van der Waals surface area contributed by atoms with Crippen molar-refractivity contribution in [2.24, 2.45) is 0 Å². The lowest BCUT2D eigenvalue weighted by molar-refractivity contribution is 0.0990. The van der Waals surface area contributed by atoms with Crippen LogP contribution >= 0.6 is 0 Å². The van der Waals surface area contributed by atoms with Crippen LogP contribution in [-0.4, -0.2) is 23.7 Å². The number of Topliss-reactive ketones (excluding diaryl/α,β-unsaturated/α-hetero) is 2. The third-order valence-corrected chi connectivity index (χ3v) is 6.30. The summed E-state index contributed by atoms with van der Waals surface area (Å²) in [6.45, 7) is 12.1. The molecule has 0 fully saturated rings. The van der Waals surface area contributed by atoms with Crippen molar-refractivity contribution < 1.29 is 9.59 Å². The van der Waals surface area contributed by atoms with E-state index in [9.17, 15) is 9.59 Å². The van der Waals surface area contributed by atoms with Crippen LogP contribution in [0.4, 0.5) is 5.69 Å². The zero-order chi connectivity index (χ0) is 20.2. The second-order valence-electron chi connectivity index (χ2n) is 8.69. The summed E-state index contributed by atoms with van der Waals surface area (Å²) in [7, 11) is 0. The molecule has 0 radical (unpaired) electrons. The zero-order valence-electron chi connectivity index (χ0n) is 17.3. The molecule has 2 aromatic carbocycles. The van der Waals surface area contributed by atoms with E-state index < -0.39 is 0 Å². The van der Waals surface area contributed by atoms with E-state index in [0.29, 0.717) is 17.0 Å². The van der Waals surface area contributed by atoms with Crippen molar-refractivity contribution >= 4 is 23.3 Å². The van der Waals surface area contributed by atoms with Gasteiger partial charge in [-0.15, -0.1) is 0 Å². The molecule has 0 spiro atoms. The van der Waals surface area contributed by atoms with E-state index in [1.807, 2.05) is 0 Å². The van der Waals surface area contributed by atoms with Gasteiger partial charge < -0.3 is 4.90 Å². The van der Waals surface area contributed by atoms with E-state index in [-0.39, 0.29) is 22.7 Å². The van der Waals surface area contributed by atoms with Crippen LogP contribution in [0.25, 0.3) is 6.08 Å². The lowest BCUT2D eigenvalue weighted by Gasteiger charge is -2.47. The molecule has 0 saturated carbocycles. The number of rotatable bonds is 2. The number of anilines is 1. The van der Waals surface area contributed by atoms with Crippen LogP contribution in [0.3, 0.4) is 0 Å². The summed E-state index contributed by atoms with van der Waals surface area (Å²) < 4.78 is 0. The van der Waals surface area contributed by atoms with E-state index >= 15 is 0 Å². The minimum Gasteiger partial charge on any atom is -0.366 e. The predicted molar refractivity (Wildman–Crippen MR) is 114 cm³/mol. The number of carbonyl (C=O) groups excluding carboxylic acids is 2. The number of fused-ring (bicyclic) bond motifs is 2. The molecule has 2 aliphatic rings. The van der Waals surface area contributed by atoms with Gasteiger partial charge in [-0.3, -0.25) is 9.59 Å². The largest absolute Gasteiger partial charge is 0.366 e. The molecule has 0 saturated heterocycles. The Morgan fingerprint density at radius 3 is 2.29 bits per heavy atom. The lowest BCUT2D eigenvalue weighted by atomic mass is 9.79. The Hall–Kier alpha value is -2.68. The van der Waals surface area contributed by atoms with E-state index in [1.165, 1.54) is 11.3 Å². The molecular formula is C25H27NO2. The summed E-state index contributed by atoms with van der Waals surface area (Å²) in [4.78, 5) is 28.0. The average Bonchev–Trinajstić information content (AvgIpc) is 2.88. The van der Waals surface area contributed by atoms with Gasteiger partial charge in [0.1, 0.15) is 0 Å². The highest BCUT2D eigenvalue weighted by Gasteiger charge is 2.36. The maximum absolute atomic E-state index is 12.8. The third kappa shape index (κ3) is 2.72. The number of ketones is 2. The highest BCUT2D eigenvalue weighted by molar-refractivity contribution is 6.41. The molecule has 1 heterocycles. The van der Waals surface area contributed by atoms with Crippen LogP contribution in [0.2, 0.25) is 0 Å². The summed E-state index contributed by atoms with van der Waals surface area (Å²) in [6, 6.07) is 11.5. The molecule has 0 aromatic heterocycles. The van der Waals surface area contributed by atoms with Crippen molar-refractivity contribution in [2.75, 3.05) is 11.4 Å². The lowest BCUT2D eigenvalue weighted by Crippen LogP contribution is -2.48. The Morgan fingerprint density at radius 2 is 1.71 bits per heavy atom. The van der Waals surface area contributed by atoms with Crippen LogP contribution in [0.1, 0.15) is 77.4 Å². The first-order valence-corrected chi connectivity index (χ1v) is 10.1. The van der Waals surface area contributed by atoms with Crippen LogP contribution in [-0.2, 0) is 0 Å². The molecular weight excluding hydrogens is 346 g/mol. The van der Waals surface area contributed by atoms with Crippen LogP contribution in [0, 0.1) is 6.92 Å². The molecule has 4 rings (SSSR count). The molecule has 3 heteroatoms. The number of nitrogens with zero attached hydrogens (tertiary/aromatic N) is 1. The first kappa shape index (κ1) is 18.7. The smallest absolute Gasteiger partial charge is 0.197 e. The van der Waals surface area contributed by atoms with Gasteiger partial charge in [-0.25, -0.2) is 0 Å². The van der Waals surface area contributed by atoms with Crippen LogP contribution in [0.15, 0.2) is 42.0 Å². The third-order valence-electron chi connectivity index (χ3n) is 6.30. The molecule has 0 bridgehead atoms. The second-order valence-corrected chi connectivity index (χ2v) is 8.69. The molecule has 2 aromatic rings. The van der Waals surface area contributed by atoms with Gasteiger partial charge in [-0.2, -0.15) is 0 Å². The fourth-order valence-electron chi connectivity index (χ4n) is 4.96. The van der Waals surface area contributed by atoms with E-state index in [2.05, 4.69) is 51.7 Å². The van der Waals surface area contributed by atoms with E-state index in [0.717, 1.165) is 24.1 Å². The molecule has 3 nitrogen and oxygen atoms in total. The van der Waals surface area contributed by atoms with Gasteiger partial charge in [0.05, 0.1) is 5.57 Å². The zero-order valence-corrected chi connectivity index (χ0v) is 17.3. The minimum atomic E-state index is -0.165. The van der Waals surface area contributed by atoms with Crippen molar-refractivity contribution in [1.29, 1.82) is 0 Å². The molecule has 0 N–H and O–H groups in total. The molecule has 0 amide bonds. The van der Waals surface area contributed by atoms with Gasteiger partial charge >= 0.3 is 0 Å². The Balaban J connectivity index is 1.82. The summed E-state index contributed by atoms with van der Waals surface area (Å²) >= 11 is 0. The number of allylic oxidation sites excluding steroid dienone is 1. The average molecular weight is 373 g/mol. The van der Waals surface area contributed by atoms with Crippen molar-refractivity contribution in [3.05, 3.63) is 69.8 Å². The van der Waals surface area contributed by atoms with Gasteiger partial charge in [0.25, 0.3) is 0 Å². The van der Waals surface area contributed by atoms with Crippen LogP contribution in [0.5, 0.6) is 0 Å². The maximum Gasteiger partial charge on any atom is 0.197 e. The monoisotopic (exact) mass is 373 g/mol. The quantitative estimate of drug-likeness (QED) is 0.510. The fourth-order valence-corrected chi connectivity index (χ4v) is 4.96. The molecule has 1 aliphatic carbocycles. The van der Waals surface area contributed by atoms with Crippen molar-refractivity contribution in [1.82, 2.24) is 0 Å². The van der Waals surface area contributed by atoms with Crippen LogP contribution < -0.4 is 4.90 Å². The number of hydrogen-bond acceptors (Lipinski definition) is 3. The fraction of sp³-hybridized carbons (Fsp3) is 0.360. The summed E-state index contributed by atoms with van der Waals surface area (Å²) in [5.41, 5.74) is 6.06. The Bertz CT molecular complexity index is 992. The summed E-state index contributed by atoms with van der Waals surface area (Å²) in [5, 5.41) is 0. The first-order valence-electron chi connectivity index (χ1n) is 10.1. The minimum absolute atomic E-state index is 0.118. The van der Waals surface area contributed by atoms with E-state index in [4.69, 9.17) is 0 Å². The Morgan fingerprint density at radius 1 is 1.11 bits per heavy atom. The van der Waals surface area contributed by atoms with Gasteiger partial charge in [0, 0.05) is 28.9 Å². The van der Waals surface area contributed by atoms with Gasteiger partial charge in [0.2, 0.25) is 0 Å². The number of hydrogen-bond donors (Lipinski definition) is 0. The van der Waals surface area contributed by atoms with Crippen molar-refractivity contribution in [3.8, 4) is 0 Å². The maximum atomic E-state index is 12.8. The summed E-state index contributed by atoms with van der Waals surface area (Å²) in [6.07, 6.45) is 2.87. The summed E-state index contributed by atoms with van der Waals surface area (Å²) in [5.74, 6) is 0.0990. The van der Waals surface area contributed by atoms with Gasteiger partial charge in [0.15, 0.2) is 11.6 Å². The Kier molecular flexibility index (Phi) is 4.29. The molecule has 144 valence electrons. The van der Waals surface area contributed by atoms with Crippen molar-refractivity contribution in [2.45, 2.75) is 52.5 Å². The van der Waals surface area contributed by atoms with Gasteiger partial charge in [-0.1, -0.05) is 31.2 Å². The number of benzene rings is 2. The second kappa shape index (κ2) is 6.44. The molecule has 0 unspecified atom stereocenters. The number of carbonyl (C=O) groups is 2. The highest BCUT2D eigenvalue weighted by Crippen LogP contribution is 2.44. The normalized spacial score (nSPS) is 20.2. The van der Waals surface area contributed by atoms with E-state index in [1.54, 1.807) is 30.3 Å². The molecule has 28 heavy (non-hydrogen) atoms. The highest BCUT2D eigenvalue weighted by atomic mass is 16.2. The number of aryl methyl sites for hydroxylation is 1. The molecule has 1 aliphatic heterocycles. The first-order chi connectivity index (χ1) is 13.2. The van der Waals surface area contributed by atoms with Gasteiger partial charge in [-0.05, 0) is 74.9 Å². The standard InChI is InChI=1S/C25H27NO2/c1-6-26-22-11-15(2)17(12-20(22)16(3)14-25(26,4)5)13-21-23(27)18-9-7-8-10-19(18)24(21)28/h7-13,16H,6,14H2,1-5H3/t16-/m0/s1. The molecule has 1 atom stereocenters. The SMILES string of the molecule is CCN1c2cc(C)c(C=C3C(=O)c4ccccc4C3=O)cc2[C@@H](C)CC1(C)C. The topological polar surface area (TPSA) is 37.4 Å². The van der Waals surface area contributed by atoms with Crippen molar-refractivity contribution in [3.63, 3.8) is 0 Å². The Labute approximate surface area is 167 Å².